The van der Waals surface area contributed by atoms with Crippen molar-refractivity contribution in [3.05, 3.63) is 60.2 Å². The third kappa shape index (κ3) is 4.50. The van der Waals surface area contributed by atoms with E-state index in [2.05, 4.69) is 26.0 Å². The maximum absolute atomic E-state index is 5.17. The summed E-state index contributed by atoms with van der Waals surface area (Å²) in [5, 5.41) is 1.00. The molecule has 0 atom stereocenters. The molecule has 1 fully saturated rings. The summed E-state index contributed by atoms with van der Waals surface area (Å²) in [5.74, 6) is 8.18. The fraction of sp³-hybridized carbons (Fsp3) is 0.273. The Morgan fingerprint density at radius 1 is 1.00 bits per heavy atom. The number of hydrogen-bond acceptors (Lipinski definition) is 6. The summed E-state index contributed by atoms with van der Waals surface area (Å²) in [6, 6.07) is 18.0. The second kappa shape index (κ2) is 8.87. The molecule has 28 heavy (non-hydrogen) atoms. The molecular weight excluding hydrogens is 368 g/mol. The molecule has 142 valence electrons. The van der Waals surface area contributed by atoms with Crippen molar-refractivity contribution >= 4 is 16.7 Å². The van der Waals surface area contributed by atoms with Crippen molar-refractivity contribution in [2.24, 2.45) is 0 Å². The van der Waals surface area contributed by atoms with Crippen molar-refractivity contribution in [2.75, 3.05) is 44.7 Å². The summed E-state index contributed by atoms with van der Waals surface area (Å²) < 4.78 is 9.69. The Morgan fingerprint density at radius 2 is 1.75 bits per heavy atom. The standard InChI is InChI=1S/C22H22N4OS/c1-27-20-11-9-18(10-12-20)6-5-13-25-14-16-26(17-15-25)22-23-21(24-28-22)19-7-3-2-4-8-19/h2-4,7-12H,13-17H2,1H3. The van der Waals surface area contributed by atoms with Gasteiger partial charge in [-0.3, -0.25) is 4.90 Å². The van der Waals surface area contributed by atoms with Gasteiger partial charge in [0.1, 0.15) is 5.75 Å². The zero-order chi connectivity index (χ0) is 19.2. The highest BCUT2D eigenvalue weighted by Gasteiger charge is 2.19. The van der Waals surface area contributed by atoms with Crippen molar-refractivity contribution < 1.29 is 4.74 Å². The second-order valence-corrected chi connectivity index (χ2v) is 7.29. The van der Waals surface area contributed by atoms with Gasteiger partial charge in [-0.15, -0.1) is 0 Å². The van der Waals surface area contributed by atoms with E-state index >= 15 is 0 Å². The first kappa shape index (κ1) is 18.5. The number of methoxy groups -OCH3 is 1. The van der Waals surface area contributed by atoms with E-state index in [1.54, 1.807) is 7.11 Å². The fourth-order valence-corrected chi connectivity index (χ4v) is 3.81. The zero-order valence-electron chi connectivity index (χ0n) is 15.8. The summed E-state index contributed by atoms with van der Waals surface area (Å²) in [4.78, 5) is 9.42. The van der Waals surface area contributed by atoms with Crippen molar-refractivity contribution in [1.29, 1.82) is 0 Å². The molecule has 1 aromatic heterocycles. The van der Waals surface area contributed by atoms with Crippen LogP contribution in [0.5, 0.6) is 5.75 Å². The van der Waals surface area contributed by atoms with E-state index in [1.165, 1.54) is 11.5 Å². The minimum Gasteiger partial charge on any atom is -0.497 e. The molecule has 2 aromatic carbocycles. The second-order valence-electron chi connectivity index (χ2n) is 6.56. The van der Waals surface area contributed by atoms with Crippen LogP contribution in [0, 0.1) is 11.8 Å². The smallest absolute Gasteiger partial charge is 0.205 e. The van der Waals surface area contributed by atoms with E-state index in [9.17, 15) is 0 Å². The van der Waals surface area contributed by atoms with Gasteiger partial charge in [0.05, 0.1) is 13.7 Å². The summed E-state index contributed by atoms with van der Waals surface area (Å²) in [5.41, 5.74) is 2.08. The Balaban J connectivity index is 1.29. The average Bonchev–Trinajstić information content (AvgIpc) is 3.26. The number of nitrogens with zero attached hydrogens (tertiary/aromatic N) is 4. The lowest BCUT2D eigenvalue weighted by molar-refractivity contribution is 0.288. The summed E-state index contributed by atoms with van der Waals surface area (Å²) >= 11 is 1.48. The number of anilines is 1. The molecule has 0 saturated carbocycles. The van der Waals surface area contributed by atoms with E-state index in [-0.39, 0.29) is 0 Å². The van der Waals surface area contributed by atoms with E-state index in [1.807, 2.05) is 54.6 Å². The minimum atomic E-state index is 0.783. The molecule has 1 saturated heterocycles. The van der Waals surface area contributed by atoms with Crippen LogP contribution in [0.3, 0.4) is 0 Å². The van der Waals surface area contributed by atoms with E-state index in [0.29, 0.717) is 0 Å². The Hall–Kier alpha value is -2.88. The number of benzene rings is 2. The Kier molecular flexibility index (Phi) is 5.86. The molecule has 0 aliphatic carbocycles. The molecular formula is C22H22N4OS. The first-order chi connectivity index (χ1) is 13.8. The molecule has 4 rings (SSSR count). The number of aromatic nitrogens is 2. The molecule has 6 heteroatoms. The molecule has 0 N–H and O–H groups in total. The first-order valence-corrected chi connectivity index (χ1v) is 10.1. The number of rotatable bonds is 4. The monoisotopic (exact) mass is 390 g/mol. The van der Waals surface area contributed by atoms with Gasteiger partial charge >= 0.3 is 0 Å². The van der Waals surface area contributed by atoms with Gasteiger partial charge < -0.3 is 9.64 Å². The predicted octanol–water partition coefficient (Wildman–Crippen LogP) is 3.39. The molecule has 0 unspecified atom stereocenters. The van der Waals surface area contributed by atoms with Crippen LogP contribution < -0.4 is 9.64 Å². The highest BCUT2D eigenvalue weighted by molar-refractivity contribution is 7.09. The van der Waals surface area contributed by atoms with Crippen LogP contribution in [0.1, 0.15) is 5.56 Å². The van der Waals surface area contributed by atoms with E-state index < -0.39 is 0 Å². The van der Waals surface area contributed by atoms with E-state index in [0.717, 1.165) is 60.6 Å². The van der Waals surface area contributed by atoms with Crippen LogP contribution in [0.4, 0.5) is 5.13 Å². The van der Waals surface area contributed by atoms with Gasteiger partial charge in [0.2, 0.25) is 5.13 Å². The van der Waals surface area contributed by atoms with Crippen LogP contribution in [0.2, 0.25) is 0 Å². The highest BCUT2D eigenvalue weighted by Crippen LogP contribution is 2.24. The van der Waals surface area contributed by atoms with Crippen molar-refractivity contribution in [3.63, 3.8) is 0 Å². The maximum Gasteiger partial charge on any atom is 0.205 e. The number of ether oxygens (including phenoxy) is 1. The third-order valence-corrected chi connectivity index (χ3v) is 5.49. The lowest BCUT2D eigenvalue weighted by Crippen LogP contribution is -2.46. The highest BCUT2D eigenvalue weighted by atomic mass is 32.1. The SMILES string of the molecule is COc1ccc(C#CCN2CCN(c3nc(-c4ccccc4)ns3)CC2)cc1. The van der Waals surface area contributed by atoms with Gasteiger partial charge in [0.15, 0.2) is 5.82 Å². The van der Waals surface area contributed by atoms with Crippen molar-refractivity contribution in [3.8, 4) is 29.0 Å². The van der Waals surface area contributed by atoms with Crippen molar-refractivity contribution in [2.45, 2.75) is 0 Å². The molecule has 0 bridgehead atoms. The van der Waals surface area contributed by atoms with Crippen LogP contribution in [0.25, 0.3) is 11.4 Å². The lowest BCUT2D eigenvalue weighted by atomic mass is 10.2. The number of piperazine rings is 1. The third-order valence-electron chi connectivity index (χ3n) is 4.72. The molecule has 2 heterocycles. The van der Waals surface area contributed by atoms with Crippen LogP contribution in [-0.4, -0.2) is 54.1 Å². The lowest BCUT2D eigenvalue weighted by Gasteiger charge is -2.33. The molecule has 0 spiro atoms. The zero-order valence-corrected chi connectivity index (χ0v) is 16.7. The van der Waals surface area contributed by atoms with Gasteiger partial charge in [-0.2, -0.15) is 9.36 Å². The molecule has 0 amide bonds. The summed E-state index contributed by atoms with van der Waals surface area (Å²) in [6.07, 6.45) is 0. The van der Waals surface area contributed by atoms with Gasteiger partial charge in [-0.05, 0) is 24.3 Å². The average molecular weight is 391 g/mol. The van der Waals surface area contributed by atoms with Crippen LogP contribution in [0.15, 0.2) is 54.6 Å². The predicted molar refractivity (Wildman–Crippen MR) is 114 cm³/mol. The van der Waals surface area contributed by atoms with Crippen LogP contribution in [-0.2, 0) is 0 Å². The topological polar surface area (TPSA) is 41.5 Å². The van der Waals surface area contributed by atoms with Gasteiger partial charge in [0, 0.05) is 48.8 Å². The Bertz CT molecular complexity index is 951. The van der Waals surface area contributed by atoms with Gasteiger partial charge in [-0.25, -0.2) is 0 Å². The molecule has 0 radical (unpaired) electrons. The molecule has 1 aliphatic rings. The normalized spacial score (nSPS) is 14.4. The fourth-order valence-electron chi connectivity index (χ4n) is 3.07. The Morgan fingerprint density at radius 3 is 2.46 bits per heavy atom. The minimum absolute atomic E-state index is 0.783. The van der Waals surface area contributed by atoms with E-state index in [4.69, 9.17) is 9.72 Å². The van der Waals surface area contributed by atoms with Crippen molar-refractivity contribution in [1.82, 2.24) is 14.3 Å². The molecule has 1 aliphatic heterocycles. The van der Waals surface area contributed by atoms with Crippen LogP contribution >= 0.6 is 11.5 Å². The summed E-state index contributed by atoms with van der Waals surface area (Å²) in [7, 11) is 1.67. The summed E-state index contributed by atoms with van der Waals surface area (Å²) in [6.45, 7) is 4.65. The van der Waals surface area contributed by atoms with Gasteiger partial charge in [-0.1, -0.05) is 42.2 Å². The first-order valence-electron chi connectivity index (χ1n) is 9.31. The molecule has 3 aromatic rings. The quantitative estimate of drug-likeness (QED) is 0.639. The molecule has 5 nitrogen and oxygen atoms in total. The number of hydrogen-bond donors (Lipinski definition) is 0. The maximum atomic E-state index is 5.17. The Labute approximate surface area is 169 Å². The largest absolute Gasteiger partial charge is 0.497 e. The van der Waals surface area contributed by atoms with Gasteiger partial charge in [0.25, 0.3) is 0 Å².